The number of rotatable bonds is 5. The minimum atomic E-state index is 0.198. The molecule has 0 saturated carbocycles. The zero-order valence-electron chi connectivity index (χ0n) is 10.7. The van der Waals surface area contributed by atoms with Crippen molar-refractivity contribution in [2.24, 2.45) is 5.41 Å². The number of hydrogen-bond acceptors (Lipinski definition) is 2. The molecule has 16 heavy (non-hydrogen) atoms. The lowest BCUT2D eigenvalue weighted by Gasteiger charge is -2.18. The van der Waals surface area contributed by atoms with Crippen molar-refractivity contribution in [1.82, 2.24) is 0 Å². The number of hydrogen-bond donors (Lipinski definition) is 0. The van der Waals surface area contributed by atoms with Crippen molar-refractivity contribution >= 4 is 0 Å². The largest absolute Gasteiger partial charge is 0.493 e. The molecular weight excluding hydrogens is 200 g/mol. The molecule has 0 fully saturated rings. The van der Waals surface area contributed by atoms with Crippen molar-refractivity contribution in [3.8, 4) is 5.75 Å². The van der Waals surface area contributed by atoms with E-state index in [9.17, 15) is 0 Å². The molecule has 90 valence electrons. The van der Waals surface area contributed by atoms with Crippen LogP contribution in [0.3, 0.4) is 0 Å². The standard InChI is InChI=1S/C14H22O2/c1-5-15-10-12-6-8-13(9-7-12)16-11-14(2,3)4/h6-9H,5,10-11H2,1-4H3. The predicted octanol–water partition coefficient (Wildman–Crippen LogP) is 3.65. The molecule has 0 unspecified atom stereocenters. The molecular formula is C14H22O2. The molecule has 1 rings (SSSR count). The van der Waals surface area contributed by atoms with Crippen LogP contribution in [0.2, 0.25) is 0 Å². The van der Waals surface area contributed by atoms with Gasteiger partial charge in [0, 0.05) is 6.61 Å². The monoisotopic (exact) mass is 222 g/mol. The molecule has 0 heterocycles. The summed E-state index contributed by atoms with van der Waals surface area (Å²) in [6.45, 7) is 10.7. The Hall–Kier alpha value is -1.02. The molecule has 0 spiro atoms. The van der Waals surface area contributed by atoms with Gasteiger partial charge in [-0.25, -0.2) is 0 Å². The summed E-state index contributed by atoms with van der Waals surface area (Å²) >= 11 is 0. The summed E-state index contributed by atoms with van der Waals surface area (Å²) < 4.78 is 11.0. The maximum atomic E-state index is 5.69. The first-order valence-corrected chi connectivity index (χ1v) is 5.81. The summed E-state index contributed by atoms with van der Waals surface area (Å²) in [5.41, 5.74) is 1.38. The second-order valence-corrected chi connectivity index (χ2v) is 5.13. The lowest BCUT2D eigenvalue weighted by atomic mass is 9.99. The van der Waals surface area contributed by atoms with Gasteiger partial charge in [-0.2, -0.15) is 0 Å². The molecule has 1 aromatic rings. The average Bonchev–Trinajstić information content (AvgIpc) is 2.24. The third-order valence-electron chi connectivity index (χ3n) is 2.07. The van der Waals surface area contributed by atoms with Gasteiger partial charge >= 0.3 is 0 Å². The van der Waals surface area contributed by atoms with Gasteiger partial charge < -0.3 is 9.47 Å². The summed E-state index contributed by atoms with van der Waals surface area (Å²) in [4.78, 5) is 0. The van der Waals surface area contributed by atoms with Crippen molar-refractivity contribution in [1.29, 1.82) is 0 Å². The fourth-order valence-corrected chi connectivity index (χ4v) is 1.20. The molecule has 0 saturated heterocycles. The van der Waals surface area contributed by atoms with Crippen LogP contribution in [0.25, 0.3) is 0 Å². The highest BCUT2D eigenvalue weighted by Crippen LogP contribution is 2.18. The van der Waals surface area contributed by atoms with Gasteiger partial charge in [0.2, 0.25) is 0 Å². The zero-order chi connectivity index (χ0) is 12.0. The Morgan fingerprint density at radius 2 is 1.69 bits per heavy atom. The minimum Gasteiger partial charge on any atom is -0.493 e. The highest BCUT2D eigenvalue weighted by molar-refractivity contribution is 5.26. The Labute approximate surface area is 98.6 Å². The first-order valence-electron chi connectivity index (χ1n) is 5.81. The van der Waals surface area contributed by atoms with Crippen LogP contribution in [0.4, 0.5) is 0 Å². The van der Waals surface area contributed by atoms with Gasteiger partial charge in [0.25, 0.3) is 0 Å². The third-order valence-corrected chi connectivity index (χ3v) is 2.07. The SMILES string of the molecule is CCOCc1ccc(OCC(C)(C)C)cc1. The summed E-state index contributed by atoms with van der Waals surface area (Å²) in [5.74, 6) is 0.926. The lowest BCUT2D eigenvalue weighted by Crippen LogP contribution is -2.16. The van der Waals surface area contributed by atoms with Crippen LogP contribution in [-0.2, 0) is 11.3 Å². The first-order chi connectivity index (χ1) is 7.51. The topological polar surface area (TPSA) is 18.5 Å². The van der Waals surface area contributed by atoms with E-state index in [4.69, 9.17) is 9.47 Å². The van der Waals surface area contributed by atoms with Gasteiger partial charge in [0.05, 0.1) is 13.2 Å². The molecule has 0 aromatic heterocycles. The maximum Gasteiger partial charge on any atom is 0.119 e. The Morgan fingerprint density at radius 1 is 1.06 bits per heavy atom. The molecule has 2 heteroatoms. The normalized spacial score (nSPS) is 11.5. The first kappa shape index (κ1) is 13.0. The Bertz CT molecular complexity index is 296. The van der Waals surface area contributed by atoms with E-state index in [0.717, 1.165) is 19.0 Å². The van der Waals surface area contributed by atoms with Crippen LogP contribution >= 0.6 is 0 Å². The highest BCUT2D eigenvalue weighted by Gasteiger charge is 2.10. The van der Waals surface area contributed by atoms with Gasteiger partial charge in [0.1, 0.15) is 5.75 Å². The molecule has 0 aliphatic rings. The van der Waals surface area contributed by atoms with E-state index in [1.807, 2.05) is 31.2 Å². The van der Waals surface area contributed by atoms with E-state index >= 15 is 0 Å². The maximum absolute atomic E-state index is 5.69. The quantitative estimate of drug-likeness (QED) is 0.757. The average molecular weight is 222 g/mol. The highest BCUT2D eigenvalue weighted by atomic mass is 16.5. The van der Waals surface area contributed by atoms with E-state index in [0.29, 0.717) is 6.61 Å². The van der Waals surface area contributed by atoms with Crippen LogP contribution in [-0.4, -0.2) is 13.2 Å². The molecule has 1 aromatic carbocycles. The molecule has 0 bridgehead atoms. The Balaban J connectivity index is 2.45. The molecule has 0 atom stereocenters. The van der Waals surface area contributed by atoms with E-state index in [1.165, 1.54) is 5.56 Å². The van der Waals surface area contributed by atoms with Crippen molar-refractivity contribution in [3.05, 3.63) is 29.8 Å². The summed E-state index contributed by atoms with van der Waals surface area (Å²) in [6, 6.07) is 8.10. The van der Waals surface area contributed by atoms with Gasteiger partial charge in [-0.3, -0.25) is 0 Å². The Morgan fingerprint density at radius 3 is 2.19 bits per heavy atom. The van der Waals surface area contributed by atoms with E-state index < -0.39 is 0 Å². The van der Waals surface area contributed by atoms with Gasteiger partial charge in [0.15, 0.2) is 0 Å². The molecule has 0 amide bonds. The fraction of sp³-hybridized carbons (Fsp3) is 0.571. The molecule has 0 radical (unpaired) electrons. The second kappa shape index (κ2) is 5.90. The minimum absolute atomic E-state index is 0.198. The smallest absolute Gasteiger partial charge is 0.119 e. The van der Waals surface area contributed by atoms with E-state index in [1.54, 1.807) is 0 Å². The van der Waals surface area contributed by atoms with Gasteiger partial charge in [-0.1, -0.05) is 32.9 Å². The number of ether oxygens (including phenoxy) is 2. The van der Waals surface area contributed by atoms with Crippen LogP contribution in [0.5, 0.6) is 5.75 Å². The summed E-state index contributed by atoms with van der Waals surface area (Å²) in [7, 11) is 0. The van der Waals surface area contributed by atoms with Crippen LogP contribution in [0, 0.1) is 5.41 Å². The summed E-state index contributed by atoms with van der Waals surface area (Å²) in [6.07, 6.45) is 0. The van der Waals surface area contributed by atoms with Crippen LogP contribution < -0.4 is 4.74 Å². The van der Waals surface area contributed by atoms with Crippen molar-refractivity contribution in [2.75, 3.05) is 13.2 Å². The Kier molecular flexibility index (Phi) is 4.81. The summed E-state index contributed by atoms with van der Waals surface area (Å²) in [5, 5.41) is 0. The molecule has 0 aliphatic heterocycles. The van der Waals surface area contributed by atoms with Crippen LogP contribution in [0.1, 0.15) is 33.3 Å². The van der Waals surface area contributed by atoms with Crippen LogP contribution in [0.15, 0.2) is 24.3 Å². The lowest BCUT2D eigenvalue weighted by molar-refractivity contribution is 0.134. The number of benzene rings is 1. The zero-order valence-corrected chi connectivity index (χ0v) is 10.7. The fourth-order valence-electron chi connectivity index (χ4n) is 1.20. The van der Waals surface area contributed by atoms with Crippen molar-refractivity contribution in [2.45, 2.75) is 34.3 Å². The molecule has 2 nitrogen and oxygen atoms in total. The second-order valence-electron chi connectivity index (χ2n) is 5.13. The van der Waals surface area contributed by atoms with Crippen molar-refractivity contribution in [3.63, 3.8) is 0 Å². The van der Waals surface area contributed by atoms with Gasteiger partial charge in [-0.05, 0) is 30.0 Å². The molecule has 0 N–H and O–H groups in total. The van der Waals surface area contributed by atoms with Gasteiger partial charge in [-0.15, -0.1) is 0 Å². The van der Waals surface area contributed by atoms with E-state index in [2.05, 4.69) is 20.8 Å². The van der Waals surface area contributed by atoms with E-state index in [-0.39, 0.29) is 5.41 Å². The third kappa shape index (κ3) is 5.17. The predicted molar refractivity (Wildman–Crippen MR) is 66.7 cm³/mol. The molecule has 0 aliphatic carbocycles. The van der Waals surface area contributed by atoms with Crippen molar-refractivity contribution < 1.29 is 9.47 Å².